The summed E-state index contributed by atoms with van der Waals surface area (Å²) in [5, 5.41) is 4.45. The molecule has 0 saturated carbocycles. The standard InChI is InChI=1S/C22H25N3O2/c1-17-7-9-18(10-8-17)13-15-23-21(26)14-16-25-22(27)12-11-20(24-25)19-5-3-2-4-6-19/h2-11,24H,12-16H2,1H3,(H,23,26). The molecule has 2 amide bonds. The van der Waals surface area contributed by atoms with Crippen LogP contribution in [-0.2, 0) is 16.0 Å². The van der Waals surface area contributed by atoms with Crippen LogP contribution in [0, 0.1) is 6.92 Å². The highest BCUT2D eigenvalue weighted by Gasteiger charge is 2.20. The Hall–Kier alpha value is -3.08. The van der Waals surface area contributed by atoms with Crippen LogP contribution in [0.3, 0.4) is 0 Å². The van der Waals surface area contributed by atoms with Crippen molar-refractivity contribution < 1.29 is 9.59 Å². The van der Waals surface area contributed by atoms with Gasteiger partial charge >= 0.3 is 0 Å². The molecule has 0 aliphatic carbocycles. The number of amides is 2. The van der Waals surface area contributed by atoms with Gasteiger partial charge in [-0.15, -0.1) is 0 Å². The van der Waals surface area contributed by atoms with Crippen molar-refractivity contribution >= 4 is 17.5 Å². The van der Waals surface area contributed by atoms with E-state index < -0.39 is 0 Å². The molecule has 27 heavy (non-hydrogen) atoms. The number of nitrogens with one attached hydrogen (secondary N) is 2. The summed E-state index contributed by atoms with van der Waals surface area (Å²) in [6.07, 6.45) is 3.30. The summed E-state index contributed by atoms with van der Waals surface area (Å²) < 4.78 is 0. The minimum atomic E-state index is -0.0486. The Morgan fingerprint density at radius 2 is 1.85 bits per heavy atom. The van der Waals surface area contributed by atoms with Crippen LogP contribution in [0.25, 0.3) is 5.70 Å². The zero-order chi connectivity index (χ0) is 19.1. The minimum Gasteiger partial charge on any atom is -0.356 e. The Kier molecular flexibility index (Phi) is 6.26. The maximum atomic E-state index is 12.1. The van der Waals surface area contributed by atoms with Gasteiger partial charge in [-0.25, -0.2) is 0 Å². The highest BCUT2D eigenvalue weighted by molar-refractivity contribution is 5.84. The Balaban J connectivity index is 1.43. The number of hydrogen-bond acceptors (Lipinski definition) is 3. The molecule has 0 atom stereocenters. The third-order valence-corrected chi connectivity index (χ3v) is 4.54. The molecule has 1 aliphatic heterocycles. The van der Waals surface area contributed by atoms with E-state index in [0.717, 1.165) is 17.7 Å². The second-order valence-electron chi connectivity index (χ2n) is 6.68. The number of carbonyl (C=O) groups excluding carboxylic acids is 2. The lowest BCUT2D eigenvalue weighted by molar-refractivity contribution is -0.133. The smallest absolute Gasteiger partial charge is 0.244 e. The molecule has 2 aromatic carbocycles. The normalized spacial score (nSPS) is 13.7. The van der Waals surface area contributed by atoms with E-state index in [1.807, 2.05) is 36.4 Å². The van der Waals surface area contributed by atoms with E-state index in [0.29, 0.717) is 19.5 Å². The zero-order valence-electron chi connectivity index (χ0n) is 15.6. The van der Waals surface area contributed by atoms with Crippen LogP contribution in [0.1, 0.15) is 29.5 Å². The third kappa shape index (κ3) is 5.45. The molecule has 2 N–H and O–H groups in total. The number of benzene rings is 2. The van der Waals surface area contributed by atoms with E-state index in [4.69, 9.17) is 0 Å². The van der Waals surface area contributed by atoms with E-state index >= 15 is 0 Å². The molecule has 1 heterocycles. The molecule has 3 rings (SSSR count). The predicted octanol–water partition coefficient (Wildman–Crippen LogP) is 2.82. The lowest BCUT2D eigenvalue weighted by Gasteiger charge is -2.29. The fourth-order valence-corrected chi connectivity index (χ4v) is 2.94. The lowest BCUT2D eigenvalue weighted by Crippen LogP contribution is -2.46. The van der Waals surface area contributed by atoms with Crippen LogP contribution in [0.4, 0.5) is 0 Å². The summed E-state index contributed by atoms with van der Waals surface area (Å²) in [5.41, 5.74) is 7.48. The molecule has 0 radical (unpaired) electrons. The van der Waals surface area contributed by atoms with Crippen molar-refractivity contribution in [2.24, 2.45) is 0 Å². The molecule has 5 heteroatoms. The van der Waals surface area contributed by atoms with Gasteiger partial charge in [0, 0.05) is 19.4 Å². The van der Waals surface area contributed by atoms with Crippen molar-refractivity contribution in [2.45, 2.75) is 26.2 Å². The van der Waals surface area contributed by atoms with E-state index in [1.165, 1.54) is 16.1 Å². The van der Waals surface area contributed by atoms with Gasteiger partial charge in [-0.05, 0) is 30.5 Å². The molecule has 0 aromatic heterocycles. The van der Waals surface area contributed by atoms with Crippen LogP contribution < -0.4 is 10.7 Å². The first-order valence-electron chi connectivity index (χ1n) is 9.26. The van der Waals surface area contributed by atoms with Gasteiger partial charge in [0.2, 0.25) is 11.8 Å². The van der Waals surface area contributed by atoms with Gasteiger partial charge in [-0.3, -0.25) is 20.0 Å². The number of rotatable bonds is 7. The van der Waals surface area contributed by atoms with Crippen LogP contribution >= 0.6 is 0 Å². The highest BCUT2D eigenvalue weighted by atomic mass is 16.2. The van der Waals surface area contributed by atoms with Crippen LogP contribution in [-0.4, -0.2) is 29.9 Å². The molecule has 0 saturated heterocycles. The van der Waals surface area contributed by atoms with Gasteiger partial charge in [-0.2, -0.15) is 0 Å². The predicted molar refractivity (Wildman–Crippen MR) is 106 cm³/mol. The van der Waals surface area contributed by atoms with Crippen molar-refractivity contribution in [1.82, 2.24) is 15.8 Å². The fraction of sp³-hybridized carbons (Fsp3) is 0.273. The highest BCUT2D eigenvalue weighted by Crippen LogP contribution is 2.17. The first-order valence-corrected chi connectivity index (χ1v) is 9.26. The second-order valence-corrected chi connectivity index (χ2v) is 6.68. The largest absolute Gasteiger partial charge is 0.356 e. The average molecular weight is 363 g/mol. The first kappa shape index (κ1) is 18.7. The van der Waals surface area contributed by atoms with E-state index in [-0.39, 0.29) is 18.2 Å². The summed E-state index contributed by atoms with van der Waals surface area (Å²) in [5.74, 6) is -0.0744. The molecule has 0 spiro atoms. The molecule has 0 unspecified atom stereocenters. The SMILES string of the molecule is Cc1ccc(CCNC(=O)CCN2NC(c3ccccc3)=CCC2=O)cc1. The molecule has 1 aliphatic rings. The topological polar surface area (TPSA) is 61.4 Å². The van der Waals surface area contributed by atoms with E-state index in [9.17, 15) is 9.59 Å². The Bertz CT molecular complexity index is 813. The maximum absolute atomic E-state index is 12.1. The fourth-order valence-electron chi connectivity index (χ4n) is 2.94. The monoisotopic (exact) mass is 363 g/mol. The third-order valence-electron chi connectivity index (χ3n) is 4.54. The zero-order valence-corrected chi connectivity index (χ0v) is 15.6. The average Bonchev–Trinajstić information content (AvgIpc) is 2.69. The molecule has 0 fully saturated rings. The van der Waals surface area contributed by atoms with Crippen molar-refractivity contribution in [3.8, 4) is 0 Å². The molecule has 2 aromatic rings. The molecular formula is C22H25N3O2. The number of aryl methyl sites for hydroxylation is 1. The van der Waals surface area contributed by atoms with Crippen LogP contribution in [0.15, 0.2) is 60.7 Å². The Morgan fingerprint density at radius 3 is 2.59 bits per heavy atom. The lowest BCUT2D eigenvalue weighted by atomic mass is 10.1. The summed E-state index contributed by atoms with van der Waals surface area (Å²) >= 11 is 0. The van der Waals surface area contributed by atoms with Crippen molar-refractivity contribution in [1.29, 1.82) is 0 Å². The molecular weight excluding hydrogens is 338 g/mol. The van der Waals surface area contributed by atoms with E-state index in [2.05, 4.69) is 41.9 Å². The van der Waals surface area contributed by atoms with Gasteiger partial charge in [-0.1, -0.05) is 60.2 Å². The molecule has 0 bridgehead atoms. The van der Waals surface area contributed by atoms with Crippen LogP contribution in [0.2, 0.25) is 0 Å². The quantitative estimate of drug-likeness (QED) is 0.795. The Morgan fingerprint density at radius 1 is 1.11 bits per heavy atom. The minimum absolute atomic E-state index is 0.0258. The van der Waals surface area contributed by atoms with Crippen molar-refractivity contribution in [3.05, 3.63) is 77.4 Å². The number of carbonyl (C=O) groups is 2. The molecule has 140 valence electrons. The number of hydrazine groups is 1. The van der Waals surface area contributed by atoms with Gasteiger partial charge in [0.15, 0.2) is 0 Å². The van der Waals surface area contributed by atoms with Crippen molar-refractivity contribution in [3.63, 3.8) is 0 Å². The van der Waals surface area contributed by atoms with Crippen molar-refractivity contribution in [2.75, 3.05) is 13.1 Å². The van der Waals surface area contributed by atoms with Gasteiger partial charge in [0.25, 0.3) is 0 Å². The van der Waals surface area contributed by atoms with Gasteiger partial charge < -0.3 is 5.32 Å². The number of hydrogen-bond donors (Lipinski definition) is 2. The van der Waals surface area contributed by atoms with Gasteiger partial charge in [0.1, 0.15) is 0 Å². The molecule has 5 nitrogen and oxygen atoms in total. The van der Waals surface area contributed by atoms with Gasteiger partial charge in [0.05, 0.1) is 12.2 Å². The summed E-state index contributed by atoms with van der Waals surface area (Å²) in [4.78, 5) is 24.2. The van der Waals surface area contributed by atoms with Crippen LogP contribution in [0.5, 0.6) is 0 Å². The summed E-state index contributed by atoms with van der Waals surface area (Å²) in [6, 6.07) is 18.2. The summed E-state index contributed by atoms with van der Waals surface area (Å²) in [7, 11) is 0. The first-order chi connectivity index (χ1) is 13.1. The maximum Gasteiger partial charge on any atom is 0.244 e. The number of nitrogens with zero attached hydrogens (tertiary/aromatic N) is 1. The second kappa shape index (κ2) is 9.03. The summed E-state index contributed by atoms with van der Waals surface area (Å²) in [6.45, 7) is 3.00. The van der Waals surface area contributed by atoms with E-state index in [1.54, 1.807) is 0 Å². The Labute approximate surface area is 160 Å².